The zero-order valence-electron chi connectivity index (χ0n) is 35.8. The first-order valence-corrected chi connectivity index (χ1v) is 23.6. The normalized spacial score (nSPS) is 22.2. The Balaban J connectivity index is 0.998. The summed E-state index contributed by atoms with van der Waals surface area (Å²) in [6.07, 6.45) is 11.8. The molecule has 0 heterocycles. The summed E-state index contributed by atoms with van der Waals surface area (Å²) < 4.78 is 0. The molecule has 5 aliphatic carbocycles. The van der Waals surface area contributed by atoms with Crippen molar-refractivity contribution in [1.29, 1.82) is 0 Å². The lowest BCUT2D eigenvalue weighted by Crippen LogP contribution is -2.44. The Hall–Kier alpha value is -6.18. The van der Waals surface area contributed by atoms with Gasteiger partial charge in [-0.25, -0.2) is 0 Å². The van der Waals surface area contributed by atoms with E-state index in [9.17, 15) is 0 Å². The number of anilines is 3. The van der Waals surface area contributed by atoms with E-state index in [1.54, 1.807) is 22.3 Å². The van der Waals surface area contributed by atoms with Gasteiger partial charge in [0.15, 0.2) is 0 Å². The van der Waals surface area contributed by atoms with Crippen molar-refractivity contribution in [2.75, 3.05) is 4.90 Å². The molecule has 3 fully saturated rings. The van der Waals surface area contributed by atoms with Crippen LogP contribution in [0, 0.1) is 17.8 Å². The van der Waals surface area contributed by atoms with Crippen molar-refractivity contribution in [2.45, 2.75) is 75.5 Å². The molecule has 1 heteroatoms. The number of fused-ring (bicyclic) bond motifs is 14. The highest BCUT2D eigenvalue weighted by Crippen LogP contribution is 2.66. The fourth-order valence-electron chi connectivity index (χ4n) is 14.2. The molecule has 8 aromatic rings. The van der Waals surface area contributed by atoms with Gasteiger partial charge >= 0.3 is 0 Å². The van der Waals surface area contributed by atoms with E-state index in [2.05, 4.69) is 188 Å². The number of rotatable bonds is 6. The molecule has 8 aromatic carbocycles. The van der Waals surface area contributed by atoms with Crippen molar-refractivity contribution >= 4 is 27.8 Å². The first-order chi connectivity index (χ1) is 30.7. The molecule has 0 radical (unpaired) electrons. The number of hydrogen-bond donors (Lipinski definition) is 0. The van der Waals surface area contributed by atoms with E-state index in [4.69, 9.17) is 0 Å². The quantitative estimate of drug-likeness (QED) is 0.162. The third kappa shape index (κ3) is 5.09. The molecule has 4 atom stereocenters. The van der Waals surface area contributed by atoms with Gasteiger partial charge in [-0.15, -0.1) is 0 Å². The summed E-state index contributed by atoms with van der Waals surface area (Å²) in [6, 6.07) is 67.8. The van der Waals surface area contributed by atoms with E-state index in [1.807, 2.05) is 0 Å². The molecule has 3 saturated carbocycles. The van der Waals surface area contributed by atoms with Crippen LogP contribution in [0.3, 0.4) is 0 Å². The molecule has 5 aliphatic rings. The number of nitrogens with zero attached hydrogens (tertiary/aromatic N) is 1. The van der Waals surface area contributed by atoms with Gasteiger partial charge in [-0.2, -0.15) is 0 Å². The second-order valence-corrected chi connectivity index (χ2v) is 19.4. The van der Waals surface area contributed by atoms with Crippen LogP contribution in [0.5, 0.6) is 0 Å². The van der Waals surface area contributed by atoms with Gasteiger partial charge in [0.05, 0.1) is 5.69 Å². The van der Waals surface area contributed by atoms with Crippen molar-refractivity contribution in [3.63, 3.8) is 0 Å². The van der Waals surface area contributed by atoms with Gasteiger partial charge in [-0.3, -0.25) is 0 Å². The van der Waals surface area contributed by atoms with Crippen molar-refractivity contribution in [2.24, 2.45) is 17.8 Å². The largest absolute Gasteiger partial charge is 0.310 e. The van der Waals surface area contributed by atoms with E-state index in [1.165, 1.54) is 130 Å². The molecule has 0 amide bonds. The molecule has 0 N–H and O–H groups in total. The van der Waals surface area contributed by atoms with Gasteiger partial charge in [0.25, 0.3) is 0 Å². The highest BCUT2D eigenvalue weighted by molar-refractivity contribution is 6.07. The maximum absolute atomic E-state index is 2.64. The Bertz CT molecular complexity index is 3040. The van der Waals surface area contributed by atoms with Gasteiger partial charge < -0.3 is 4.90 Å². The Morgan fingerprint density at radius 3 is 1.90 bits per heavy atom. The fourth-order valence-corrected chi connectivity index (χ4v) is 14.2. The first-order valence-electron chi connectivity index (χ1n) is 23.6. The lowest BCUT2D eigenvalue weighted by atomic mass is 9.55. The lowest BCUT2D eigenvalue weighted by Gasteiger charge is -2.48. The summed E-state index contributed by atoms with van der Waals surface area (Å²) in [5.41, 5.74) is 21.0. The fraction of sp³-hybridized carbons (Fsp3) is 0.246. The topological polar surface area (TPSA) is 3.24 Å². The van der Waals surface area contributed by atoms with Crippen LogP contribution in [0.4, 0.5) is 17.1 Å². The Morgan fingerprint density at radius 2 is 1.10 bits per heavy atom. The summed E-state index contributed by atoms with van der Waals surface area (Å²) in [5, 5.41) is 2.56. The molecular formula is C61H53N. The number of hydrogen-bond acceptors (Lipinski definition) is 1. The molecule has 62 heavy (non-hydrogen) atoms. The average molecular weight is 800 g/mol. The Kier molecular flexibility index (Phi) is 8.19. The average Bonchev–Trinajstić information content (AvgIpc) is 4.12. The summed E-state index contributed by atoms with van der Waals surface area (Å²) >= 11 is 0. The van der Waals surface area contributed by atoms with Gasteiger partial charge in [-0.1, -0.05) is 172 Å². The summed E-state index contributed by atoms with van der Waals surface area (Å²) in [4.78, 5) is 2.57. The predicted octanol–water partition coefficient (Wildman–Crippen LogP) is 16.6. The zero-order valence-corrected chi connectivity index (χ0v) is 35.8. The molecule has 0 aliphatic heterocycles. The van der Waals surface area contributed by atoms with E-state index < -0.39 is 0 Å². The molecular weight excluding hydrogens is 747 g/mol. The minimum atomic E-state index is 0.0573. The molecule has 13 rings (SSSR count). The van der Waals surface area contributed by atoms with Crippen LogP contribution in [0.1, 0.15) is 87.0 Å². The van der Waals surface area contributed by atoms with E-state index in [0.29, 0.717) is 11.8 Å². The van der Waals surface area contributed by atoms with Gasteiger partial charge in [0, 0.05) is 27.6 Å². The van der Waals surface area contributed by atoms with Crippen LogP contribution >= 0.6 is 0 Å². The Morgan fingerprint density at radius 1 is 0.468 bits per heavy atom. The maximum atomic E-state index is 2.64. The minimum Gasteiger partial charge on any atom is -0.310 e. The monoisotopic (exact) mass is 799 g/mol. The third-order valence-electron chi connectivity index (χ3n) is 16.7. The van der Waals surface area contributed by atoms with E-state index in [0.717, 1.165) is 5.92 Å². The highest BCUT2D eigenvalue weighted by Gasteiger charge is 2.58. The Labute approximate surface area is 367 Å². The van der Waals surface area contributed by atoms with Gasteiger partial charge in [0.1, 0.15) is 0 Å². The molecule has 0 unspecified atom stereocenters. The molecule has 2 bridgehead atoms. The van der Waals surface area contributed by atoms with Crippen LogP contribution in [0.25, 0.3) is 55.3 Å². The summed E-state index contributed by atoms with van der Waals surface area (Å²) in [5.74, 6) is 2.21. The molecule has 2 spiro atoms. The third-order valence-corrected chi connectivity index (χ3v) is 16.7. The molecule has 0 saturated heterocycles. The first kappa shape index (κ1) is 36.5. The number of benzene rings is 8. The SMILES string of the molecule is CC[C@H]1C[C@H]2CC[C@H](C2)[C@]12c1ccccc1-c1ccc(N(c3ccc(-c4ccccc4)cc3)c3ccc(-c4ccc5c(c4)-c4ccccc4C54CCCC4)c4ccccc34)cc12. The van der Waals surface area contributed by atoms with Crippen molar-refractivity contribution in [3.05, 3.63) is 198 Å². The van der Waals surface area contributed by atoms with E-state index in [-0.39, 0.29) is 10.8 Å². The maximum Gasteiger partial charge on any atom is 0.0540 e. The second kappa shape index (κ2) is 13.9. The minimum absolute atomic E-state index is 0.0573. The zero-order chi connectivity index (χ0) is 41.0. The smallest absolute Gasteiger partial charge is 0.0540 e. The molecule has 1 nitrogen and oxygen atoms in total. The van der Waals surface area contributed by atoms with Crippen LogP contribution < -0.4 is 4.90 Å². The van der Waals surface area contributed by atoms with Crippen LogP contribution in [-0.4, -0.2) is 0 Å². The molecule has 0 aromatic heterocycles. The standard InChI is InChI=1S/C61H53N/c1-2-44-36-40-22-26-45(37-40)61(44)57-21-11-9-17-50(57)52-30-29-47(39-58(52)61)62(46-27-23-42(24-28-46)41-14-4-3-5-15-41)59-33-31-48(49-16-6-7-19-53(49)59)43-25-32-56-54(38-43)51-18-8-10-20-55(51)60(56)34-12-13-35-60/h3-11,14-21,23-25,27-33,38-40,44-45H,2,12-13,22,26,34-37H2,1H3/t40-,44+,45-,61+/m1/s1. The highest BCUT2D eigenvalue weighted by atomic mass is 15.1. The summed E-state index contributed by atoms with van der Waals surface area (Å²) in [7, 11) is 0. The van der Waals surface area contributed by atoms with Crippen LogP contribution in [0.2, 0.25) is 0 Å². The van der Waals surface area contributed by atoms with Crippen LogP contribution in [0.15, 0.2) is 176 Å². The second-order valence-electron chi connectivity index (χ2n) is 19.4. The van der Waals surface area contributed by atoms with Crippen LogP contribution in [-0.2, 0) is 10.8 Å². The van der Waals surface area contributed by atoms with Crippen molar-refractivity contribution in [1.82, 2.24) is 0 Å². The van der Waals surface area contributed by atoms with Gasteiger partial charge in [-0.05, 0) is 158 Å². The van der Waals surface area contributed by atoms with Crippen molar-refractivity contribution in [3.8, 4) is 44.5 Å². The lowest BCUT2D eigenvalue weighted by molar-refractivity contribution is 0.144. The van der Waals surface area contributed by atoms with Gasteiger partial charge in [0.2, 0.25) is 0 Å². The van der Waals surface area contributed by atoms with E-state index >= 15 is 0 Å². The molecule has 302 valence electrons. The summed E-state index contributed by atoms with van der Waals surface area (Å²) in [6.45, 7) is 2.46. The predicted molar refractivity (Wildman–Crippen MR) is 260 cm³/mol. The van der Waals surface area contributed by atoms with Crippen molar-refractivity contribution < 1.29 is 0 Å².